The van der Waals surface area contributed by atoms with E-state index in [0.717, 1.165) is 12.8 Å². The van der Waals surface area contributed by atoms with E-state index >= 15 is 0 Å². The Morgan fingerprint density at radius 1 is 1.31 bits per heavy atom. The Morgan fingerprint density at radius 2 is 2.00 bits per heavy atom. The lowest BCUT2D eigenvalue weighted by atomic mass is 9.96. The van der Waals surface area contributed by atoms with Gasteiger partial charge < -0.3 is 4.74 Å². The SMILES string of the molecule is C/C=C(/C)CCC1OC1(C)CCC=C(C)C. The Balaban J connectivity index is 2.23. The summed E-state index contributed by atoms with van der Waals surface area (Å²) in [7, 11) is 0. The van der Waals surface area contributed by atoms with E-state index in [0.29, 0.717) is 6.10 Å². The van der Waals surface area contributed by atoms with Crippen molar-refractivity contribution < 1.29 is 4.74 Å². The molecule has 0 radical (unpaired) electrons. The molecule has 1 saturated heterocycles. The number of hydrogen-bond acceptors (Lipinski definition) is 1. The lowest BCUT2D eigenvalue weighted by Crippen LogP contribution is -2.09. The van der Waals surface area contributed by atoms with E-state index in [1.165, 1.54) is 24.0 Å². The van der Waals surface area contributed by atoms with Crippen molar-refractivity contribution >= 4 is 0 Å². The van der Waals surface area contributed by atoms with Gasteiger partial charge in [-0.1, -0.05) is 23.3 Å². The van der Waals surface area contributed by atoms with Crippen molar-refractivity contribution in [3.05, 3.63) is 23.3 Å². The summed E-state index contributed by atoms with van der Waals surface area (Å²) in [6, 6.07) is 0. The standard InChI is InChI=1S/C15H26O/c1-6-13(4)9-10-14-15(5,16-14)11-7-8-12(2)3/h6,8,14H,7,9-11H2,1-5H3/b13-6-. The maximum Gasteiger partial charge on any atom is 0.0923 e. The Morgan fingerprint density at radius 3 is 2.56 bits per heavy atom. The fourth-order valence-electron chi connectivity index (χ4n) is 2.03. The van der Waals surface area contributed by atoms with Crippen LogP contribution in [0.25, 0.3) is 0 Å². The van der Waals surface area contributed by atoms with Gasteiger partial charge in [-0.15, -0.1) is 0 Å². The zero-order chi connectivity index (χ0) is 12.2. The normalized spacial score (nSPS) is 29.1. The maximum atomic E-state index is 5.82. The van der Waals surface area contributed by atoms with Crippen LogP contribution in [0.15, 0.2) is 23.3 Å². The van der Waals surface area contributed by atoms with E-state index < -0.39 is 0 Å². The molecule has 16 heavy (non-hydrogen) atoms. The third-order valence-corrected chi connectivity index (χ3v) is 3.52. The van der Waals surface area contributed by atoms with Crippen molar-refractivity contribution in [1.29, 1.82) is 0 Å². The lowest BCUT2D eigenvalue weighted by molar-refractivity contribution is 0.295. The summed E-state index contributed by atoms with van der Waals surface area (Å²) >= 11 is 0. The molecule has 0 aromatic rings. The van der Waals surface area contributed by atoms with E-state index in [1.54, 1.807) is 0 Å². The van der Waals surface area contributed by atoms with Crippen molar-refractivity contribution in [2.75, 3.05) is 0 Å². The largest absolute Gasteiger partial charge is 0.366 e. The second kappa shape index (κ2) is 5.67. The summed E-state index contributed by atoms with van der Waals surface area (Å²) < 4.78 is 5.82. The van der Waals surface area contributed by atoms with Crippen LogP contribution in [0.1, 0.15) is 60.3 Å². The van der Waals surface area contributed by atoms with Gasteiger partial charge in [-0.3, -0.25) is 0 Å². The van der Waals surface area contributed by atoms with Crippen molar-refractivity contribution in [2.45, 2.75) is 72.0 Å². The van der Waals surface area contributed by atoms with Crippen LogP contribution in [0.2, 0.25) is 0 Å². The smallest absolute Gasteiger partial charge is 0.0923 e. The first kappa shape index (κ1) is 13.5. The van der Waals surface area contributed by atoms with Crippen LogP contribution in [0.3, 0.4) is 0 Å². The van der Waals surface area contributed by atoms with Crippen LogP contribution in [0, 0.1) is 0 Å². The van der Waals surface area contributed by atoms with Crippen molar-refractivity contribution in [2.24, 2.45) is 0 Å². The second-order valence-electron chi connectivity index (χ2n) is 5.41. The minimum atomic E-state index is 0.167. The van der Waals surface area contributed by atoms with Gasteiger partial charge in [0.25, 0.3) is 0 Å². The van der Waals surface area contributed by atoms with Gasteiger partial charge in [-0.05, 0) is 60.3 Å². The number of ether oxygens (including phenoxy) is 1. The average molecular weight is 222 g/mol. The molecule has 92 valence electrons. The van der Waals surface area contributed by atoms with Crippen molar-refractivity contribution in [3.63, 3.8) is 0 Å². The minimum Gasteiger partial charge on any atom is -0.366 e. The van der Waals surface area contributed by atoms with Gasteiger partial charge in [0.2, 0.25) is 0 Å². The molecule has 0 bridgehead atoms. The lowest BCUT2D eigenvalue weighted by Gasteiger charge is -2.04. The minimum absolute atomic E-state index is 0.167. The molecule has 0 aromatic carbocycles. The van der Waals surface area contributed by atoms with Gasteiger partial charge in [0.05, 0.1) is 11.7 Å². The fraction of sp³-hybridized carbons (Fsp3) is 0.733. The highest BCUT2D eigenvalue weighted by Crippen LogP contribution is 2.43. The molecule has 1 nitrogen and oxygen atoms in total. The van der Waals surface area contributed by atoms with Crippen LogP contribution < -0.4 is 0 Å². The van der Waals surface area contributed by atoms with Gasteiger partial charge in [0, 0.05) is 0 Å². The van der Waals surface area contributed by atoms with E-state index in [1.807, 2.05) is 0 Å². The number of allylic oxidation sites excluding steroid dienone is 4. The predicted molar refractivity (Wildman–Crippen MR) is 70.6 cm³/mol. The summed E-state index contributed by atoms with van der Waals surface area (Å²) in [6.45, 7) is 10.9. The second-order valence-corrected chi connectivity index (χ2v) is 5.41. The quantitative estimate of drug-likeness (QED) is 0.471. The molecule has 0 spiro atoms. The third kappa shape index (κ3) is 4.13. The Labute approximate surface area is 101 Å². The first-order valence-corrected chi connectivity index (χ1v) is 6.41. The monoisotopic (exact) mass is 222 g/mol. The zero-order valence-electron chi connectivity index (χ0n) is 11.5. The van der Waals surface area contributed by atoms with Crippen LogP contribution in [-0.2, 0) is 4.74 Å². The van der Waals surface area contributed by atoms with Gasteiger partial charge in [-0.25, -0.2) is 0 Å². The number of rotatable bonds is 6. The van der Waals surface area contributed by atoms with E-state index in [2.05, 4.69) is 46.8 Å². The molecule has 1 fully saturated rings. The third-order valence-electron chi connectivity index (χ3n) is 3.52. The molecule has 0 amide bonds. The number of hydrogen-bond donors (Lipinski definition) is 0. The maximum absolute atomic E-state index is 5.82. The van der Waals surface area contributed by atoms with Gasteiger partial charge in [0.1, 0.15) is 0 Å². The molecular formula is C15H26O. The Bertz CT molecular complexity index is 284. The van der Waals surface area contributed by atoms with Crippen LogP contribution in [-0.4, -0.2) is 11.7 Å². The van der Waals surface area contributed by atoms with Crippen LogP contribution in [0.5, 0.6) is 0 Å². The molecule has 1 aliphatic rings. The summed E-state index contributed by atoms with van der Waals surface area (Å²) in [6.07, 6.45) is 9.67. The Kier molecular flexibility index (Phi) is 4.79. The first-order valence-electron chi connectivity index (χ1n) is 6.41. The van der Waals surface area contributed by atoms with Crippen LogP contribution >= 0.6 is 0 Å². The summed E-state index contributed by atoms with van der Waals surface area (Å²) in [5, 5.41) is 0. The average Bonchev–Trinajstić information content (AvgIpc) is 2.85. The Hall–Kier alpha value is -0.560. The molecule has 0 saturated carbocycles. The topological polar surface area (TPSA) is 12.5 Å². The first-order chi connectivity index (χ1) is 7.48. The van der Waals surface area contributed by atoms with E-state index in [-0.39, 0.29) is 5.60 Å². The molecule has 0 N–H and O–H groups in total. The molecule has 2 unspecified atom stereocenters. The molecule has 1 heteroatoms. The molecule has 1 rings (SSSR count). The summed E-state index contributed by atoms with van der Waals surface area (Å²) in [4.78, 5) is 0. The van der Waals surface area contributed by atoms with Gasteiger partial charge in [-0.2, -0.15) is 0 Å². The van der Waals surface area contributed by atoms with Crippen molar-refractivity contribution in [3.8, 4) is 0 Å². The van der Waals surface area contributed by atoms with Gasteiger partial charge >= 0.3 is 0 Å². The molecular weight excluding hydrogens is 196 g/mol. The highest BCUT2D eigenvalue weighted by Gasteiger charge is 2.50. The van der Waals surface area contributed by atoms with Gasteiger partial charge in [0.15, 0.2) is 0 Å². The highest BCUT2D eigenvalue weighted by atomic mass is 16.6. The zero-order valence-corrected chi connectivity index (χ0v) is 11.5. The molecule has 1 aliphatic heterocycles. The molecule has 1 heterocycles. The fourth-order valence-corrected chi connectivity index (χ4v) is 2.03. The highest BCUT2D eigenvalue weighted by molar-refractivity contribution is 5.05. The van der Waals surface area contributed by atoms with Crippen molar-refractivity contribution in [1.82, 2.24) is 0 Å². The number of epoxide rings is 1. The molecule has 0 aliphatic carbocycles. The summed E-state index contributed by atoms with van der Waals surface area (Å²) in [5.41, 5.74) is 3.05. The predicted octanol–water partition coefficient (Wildman–Crippen LogP) is 4.64. The van der Waals surface area contributed by atoms with Crippen LogP contribution in [0.4, 0.5) is 0 Å². The van der Waals surface area contributed by atoms with E-state index in [4.69, 9.17) is 4.74 Å². The van der Waals surface area contributed by atoms with E-state index in [9.17, 15) is 0 Å². The molecule has 0 aromatic heterocycles. The molecule has 2 atom stereocenters. The summed E-state index contributed by atoms with van der Waals surface area (Å²) in [5.74, 6) is 0.